The van der Waals surface area contributed by atoms with Crippen LogP contribution in [0.5, 0.6) is 0 Å². The van der Waals surface area contributed by atoms with Crippen molar-refractivity contribution >= 4 is 11.6 Å². The summed E-state index contributed by atoms with van der Waals surface area (Å²) in [5.74, 6) is 0.818. The van der Waals surface area contributed by atoms with Crippen LogP contribution in [0.1, 0.15) is 24.0 Å². The molecule has 1 saturated carbocycles. The van der Waals surface area contributed by atoms with Crippen LogP contribution in [0.2, 0.25) is 5.02 Å². The fourth-order valence-electron chi connectivity index (χ4n) is 1.87. The lowest BCUT2D eigenvalue weighted by Crippen LogP contribution is -2.23. The van der Waals surface area contributed by atoms with Gasteiger partial charge in [0.25, 0.3) is 0 Å². The SMILES string of the molecule is CN(CCOCC1CC1)Cc1ccc(C#N)cc1Cl. The third-order valence-electron chi connectivity index (χ3n) is 3.29. The Bertz CT molecular complexity index is 466. The Hall–Kier alpha value is -1.08. The van der Waals surface area contributed by atoms with E-state index < -0.39 is 0 Å². The highest BCUT2D eigenvalue weighted by molar-refractivity contribution is 6.31. The number of halogens is 1. The van der Waals surface area contributed by atoms with E-state index in [2.05, 4.69) is 18.0 Å². The van der Waals surface area contributed by atoms with Crippen LogP contribution in [-0.4, -0.2) is 31.7 Å². The van der Waals surface area contributed by atoms with Gasteiger partial charge in [-0.25, -0.2) is 0 Å². The lowest BCUT2D eigenvalue weighted by atomic mass is 10.1. The summed E-state index contributed by atoms with van der Waals surface area (Å²) in [5.41, 5.74) is 1.65. The summed E-state index contributed by atoms with van der Waals surface area (Å²) in [6.07, 6.45) is 2.66. The molecule has 102 valence electrons. The van der Waals surface area contributed by atoms with Crippen LogP contribution in [0.25, 0.3) is 0 Å². The van der Waals surface area contributed by atoms with Crippen molar-refractivity contribution in [3.63, 3.8) is 0 Å². The molecule has 0 N–H and O–H groups in total. The first-order valence-corrected chi connectivity index (χ1v) is 7.01. The van der Waals surface area contributed by atoms with E-state index in [-0.39, 0.29) is 0 Å². The molecule has 4 heteroatoms. The lowest BCUT2D eigenvalue weighted by molar-refractivity contribution is 0.102. The third-order valence-corrected chi connectivity index (χ3v) is 3.64. The van der Waals surface area contributed by atoms with Gasteiger partial charge in [-0.15, -0.1) is 0 Å². The number of rotatable bonds is 7. The number of likely N-dealkylation sites (N-methyl/N-ethyl adjacent to an activating group) is 1. The van der Waals surface area contributed by atoms with E-state index in [0.717, 1.165) is 37.8 Å². The molecule has 1 aliphatic rings. The number of nitriles is 1. The van der Waals surface area contributed by atoms with Gasteiger partial charge in [-0.05, 0) is 43.5 Å². The minimum atomic E-state index is 0.601. The van der Waals surface area contributed by atoms with Crippen molar-refractivity contribution in [1.82, 2.24) is 4.90 Å². The Kier molecular flexibility index (Phi) is 5.21. The van der Waals surface area contributed by atoms with E-state index in [1.54, 1.807) is 12.1 Å². The Morgan fingerprint density at radius 1 is 1.47 bits per heavy atom. The van der Waals surface area contributed by atoms with E-state index in [4.69, 9.17) is 21.6 Å². The van der Waals surface area contributed by atoms with Gasteiger partial charge in [0.05, 0.1) is 18.2 Å². The fourth-order valence-corrected chi connectivity index (χ4v) is 2.11. The first-order valence-electron chi connectivity index (χ1n) is 6.64. The molecule has 19 heavy (non-hydrogen) atoms. The van der Waals surface area contributed by atoms with Gasteiger partial charge >= 0.3 is 0 Å². The van der Waals surface area contributed by atoms with Gasteiger partial charge in [0, 0.05) is 24.7 Å². The minimum absolute atomic E-state index is 0.601. The fraction of sp³-hybridized carbons (Fsp3) is 0.533. The maximum Gasteiger partial charge on any atom is 0.0992 e. The molecule has 1 aromatic carbocycles. The van der Waals surface area contributed by atoms with Crippen molar-refractivity contribution in [3.05, 3.63) is 34.3 Å². The second kappa shape index (κ2) is 6.91. The van der Waals surface area contributed by atoms with Crippen LogP contribution in [-0.2, 0) is 11.3 Å². The summed E-state index contributed by atoms with van der Waals surface area (Å²) in [4.78, 5) is 2.18. The highest BCUT2D eigenvalue weighted by Gasteiger charge is 2.20. The third kappa shape index (κ3) is 4.83. The van der Waals surface area contributed by atoms with Gasteiger partial charge in [0.2, 0.25) is 0 Å². The predicted octanol–water partition coefficient (Wildman–Crippen LogP) is 3.07. The molecule has 3 nitrogen and oxygen atoms in total. The monoisotopic (exact) mass is 278 g/mol. The molecule has 1 aromatic rings. The molecule has 0 atom stereocenters. The van der Waals surface area contributed by atoms with Crippen LogP contribution in [0, 0.1) is 17.2 Å². The predicted molar refractivity (Wildman–Crippen MR) is 76.0 cm³/mol. The Balaban J connectivity index is 1.74. The molecule has 0 saturated heterocycles. The molecule has 2 rings (SSSR count). The molecule has 1 aliphatic carbocycles. The van der Waals surface area contributed by atoms with Crippen molar-refractivity contribution < 1.29 is 4.74 Å². The Labute approximate surface area is 119 Å². The van der Waals surface area contributed by atoms with Crippen LogP contribution in [0.15, 0.2) is 18.2 Å². The Morgan fingerprint density at radius 2 is 2.26 bits per heavy atom. The summed E-state index contributed by atoms with van der Waals surface area (Å²) in [5, 5.41) is 9.45. The molecular weight excluding hydrogens is 260 g/mol. The topological polar surface area (TPSA) is 36.3 Å². The quantitative estimate of drug-likeness (QED) is 0.719. The summed E-state index contributed by atoms with van der Waals surface area (Å²) in [7, 11) is 2.05. The number of hydrogen-bond donors (Lipinski definition) is 0. The average Bonchev–Trinajstić information content (AvgIpc) is 3.21. The van der Waals surface area contributed by atoms with E-state index in [0.29, 0.717) is 10.6 Å². The molecule has 0 heterocycles. The van der Waals surface area contributed by atoms with Crippen molar-refractivity contribution in [3.8, 4) is 6.07 Å². The van der Waals surface area contributed by atoms with Gasteiger partial charge in [-0.1, -0.05) is 17.7 Å². The van der Waals surface area contributed by atoms with Gasteiger partial charge in [0.1, 0.15) is 0 Å². The number of hydrogen-bond acceptors (Lipinski definition) is 3. The maximum absolute atomic E-state index is 8.79. The Morgan fingerprint density at radius 3 is 2.89 bits per heavy atom. The van der Waals surface area contributed by atoms with Gasteiger partial charge in [-0.2, -0.15) is 5.26 Å². The standard InChI is InChI=1S/C15H19ClN2O/c1-18(6-7-19-11-12-2-3-12)10-14-5-4-13(9-17)8-15(14)16/h4-5,8,12H,2-3,6-7,10-11H2,1H3. The highest BCUT2D eigenvalue weighted by atomic mass is 35.5. The molecule has 0 spiro atoms. The number of benzene rings is 1. The average molecular weight is 279 g/mol. The van der Waals surface area contributed by atoms with Crippen LogP contribution in [0.4, 0.5) is 0 Å². The molecule has 0 radical (unpaired) electrons. The van der Waals surface area contributed by atoms with Crippen LogP contribution >= 0.6 is 11.6 Å². The summed E-state index contributed by atoms with van der Waals surface area (Å²) >= 11 is 6.15. The first-order chi connectivity index (χ1) is 9.19. The molecule has 0 unspecified atom stereocenters. The molecule has 0 bridgehead atoms. The van der Waals surface area contributed by atoms with E-state index >= 15 is 0 Å². The van der Waals surface area contributed by atoms with Crippen molar-refractivity contribution in [2.24, 2.45) is 5.92 Å². The molecule has 0 aliphatic heterocycles. The zero-order valence-corrected chi connectivity index (χ0v) is 12.0. The van der Waals surface area contributed by atoms with Crippen molar-refractivity contribution in [2.45, 2.75) is 19.4 Å². The number of nitrogens with zero attached hydrogens (tertiary/aromatic N) is 2. The second-order valence-electron chi connectivity index (χ2n) is 5.17. The number of ether oxygens (including phenoxy) is 1. The normalized spacial score (nSPS) is 14.6. The smallest absolute Gasteiger partial charge is 0.0992 e. The zero-order chi connectivity index (χ0) is 13.7. The van der Waals surface area contributed by atoms with E-state index in [1.807, 2.05) is 6.07 Å². The molecule has 0 aromatic heterocycles. The summed E-state index contributed by atoms with van der Waals surface area (Å²) in [6, 6.07) is 7.53. The second-order valence-corrected chi connectivity index (χ2v) is 5.58. The van der Waals surface area contributed by atoms with E-state index in [1.165, 1.54) is 12.8 Å². The first kappa shape index (κ1) is 14.3. The van der Waals surface area contributed by atoms with Crippen LogP contribution in [0.3, 0.4) is 0 Å². The van der Waals surface area contributed by atoms with Gasteiger partial charge in [-0.3, -0.25) is 4.90 Å². The van der Waals surface area contributed by atoms with Crippen molar-refractivity contribution in [2.75, 3.05) is 26.8 Å². The molecular formula is C15H19ClN2O. The largest absolute Gasteiger partial charge is 0.380 e. The summed E-state index contributed by atoms with van der Waals surface area (Å²) in [6.45, 7) is 3.34. The van der Waals surface area contributed by atoms with Crippen LogP contribution < -0.4 is 0 Å². The van der Waals surface area contributed by atoms with Gasteiger partial charge in [0.15, 0.2) is 0 Å². The van der Waals surface area contributed by atoms with Gasteiger partial charge < -0.3 is 4.74 Å². The van der Waals surface area contributed by atoms with E-state index in [9.17, 15) is 0 Å². The van der Waals surface area contributed by atoms with Crippen molar-refractivity contribution in [1.29, 1.82) is 5.26 Å². The molecule has 1 fully saturated rings. The minimum Gasteiger partial charge on any atom is -0.380 e. The molecule has 0 amide bonds. The zero-order valence-electron chi connectivity index (χ0n) is 11.2. The maximum atomic E-state index is 8.79. The lowest BCUT2D eigenvalue weighted by Gasteiger charge is -2.17. The summed E-state index contributed by atoms with van der Waals surface area (Å²) < 4.78 is 5.61. The highest BCUT2D eigenvalue weighted by Crippen LogP contribution is 2.28.